The van der Waals surface area contributed by atoms with Crippen molar-refractivity contribution in [2.24, 2.45) is 0 Å². The maximum absolute atomic E-state index is 13.3. The molecule has 0 radical (unpaired) electrons. The molecule has 2 nitrogen and oxygen atoms in total. The first-order valence-electron chi connectivity index (χ1n) is 8.20. The molecule has 3 rings (SSSR count). The van der Waals surface area contributed by atoms with Crippen molar-refractivity contribution in [2.75, 3.05) is 0 Å². The molecule has 0 aliphatic heterocycles. The Labute approximate surface area is 143 Å². The fourth-order valence-electron chi connectivity index (χ4n) is 3.76. The van der Waals surface area contributed by atoms with Crippen molar-refractivity contribution >= 4 is 128 Å². The normalized spacial score (nSPS) is 11.3. The Kier molecular flexibility index (Phi) is 3.70. The molecular weight excluding hydrogens is 273 g/mol. The van der Waals surface area contributed by atoms with Crippen LogP contribution in [0.4, 0.5) is 0 Å². The van der Waals surface area contributed by atoms with Crippen molar-refractivity contribution in [1.82, 2.24) is 4.98 Å². The van der Waals surface area contributed by atoms with Crippen molar-refractivity contribution < 1.29 is 0 Å². The first-order chi connectivity index (χ1) is 10.7. The smallest absolute Gasteiger partial charge is 0.195 e. The minimum absolute atomic E-state index is 0.168. The highest BCUT2D eigenvalue weighted by molar-refractivity contribution is 6.68. The van der Waals surface area contributed by atoms with E-state index >= 15 is 0 Å². The SMILES string of the molecule is Bc1c(B)c(B)c2c(=O)c3c(B)c(B)c(B)c(B)c3[nH]c2c1B. The highest BCUT2D eigenvalue weighted by Gasteiger charge is 2.17. The minimum atomic E-state index is 0.168. The van der Waals surface area contributed by atoms with Gasteiger partial charge in [0, 0.05) is 21.8 Å². The number of hydrogen-bond acceptors (Lipinski definition) is 1. The van der Waals surface area contributed by atoms with Crippen LogP contribution >= 0.6 is 0 Å². The second-order valence-corrected chi connectivity index (χ2v) is 6.95. The molecule has 2 aromatic carbocycles. The molecule has 1 heterocycles. The lowest BCUT2D eigenvalue weighted by Crippen LogP contribution is -2.52. The Bertz CT molecular complexity index is 991. The van der Waals surface area contributed by atoms with Gasteiger partial charge in [0.25, 0.3) is 0 Å². The van der Waals surface area contributed by atoms with E-state index in [0.29, 0.717) is 0 Å². The number of pyridine rings is 1. The van der Waals surface area contributed by atoms with Gasteiger partial charge in [-0.15, -0.1) is 10.9 Å². The maximum Gasteiger partial charge on any atom is 0.195 e. The summed E-state index contributed by atoms with van der Waals surface area (Å²) in [6.07, 6.45) is 0. The molecule has 0 spiro atoms. The van der Waals surface area contributed by atoms with E-state index in [-0.39, 0.29) is 5.43 Å². The van der Waals surface area contributed by atoms with E-state index < -0.39 is 0 Å². The summed E-state index contributed by atoms with van der Waals surface area (Å²) in [4.78, 5) is 16.9. The van der Waals surface area contributed by atoms with Crippen molar-refractivity contribution in [3.05, 3.63) is 10.2 Å². The summed E-state index contributed by atoms with van der Waals surface area (Å²) in [5.74, 6) is 0. The Morgan fingerprint density at radius 3 is 1.13 bits per heavy atom. The summed E-state index contributed by atoms with van der Waals surface area (Å²) < 4.78 is 0. The van der Waals surface area contributed by atoms with Gasteiger partial charge >= 0.3 is 0 Å². The molecule has 0 bridgehead atoms. The van der Waals surface area contributed by atoms with Gasteiger partial charge in [-0.05, 0) is 0 Å². The molecule has 0 fully saturated rings. The first kappa shape index (κ1) is 16.3. The summed E-state index contributed by atoms with van der Waals surface area (Å²) in [5.41, 5.74) is 11.7. The zero-order valence-electron chi connectivity index (χ0n) is 15.4. The van der Waals surface area contributed by atoms with Gasteiger partial charge in [0.15, 0.2) is 5.43 Å². The molecule has 0 aliphatic carbocycles. The van der Waals surface area contributed by atoms with Gasteiger partial charge in [-0.25, -0.2) is 0 Å². The largest absolute Gasteiger partial charge is 0.355 e. The van der Waals surface area contributed by atoms with Crippen LogP contribution in [0.3, 0.4) is 0 Å². The summed E-state index contributed by atoms with van der Waals surface area (Å²) in [5, 5.41) is 1.70. The van der Waals surface area contributed by atoms with Crippen LogP contribution in [0, 0.1) is 0 Å². The molecule has 0 saturated carbocycles. The summed E-state index contributed by atoms with van der Waals surface area (Å²) >= 11 is 0. The van der Waals surface area contributed by atoms with Gasteiger partial charge < -0.3 is 4.98 Å². The molecule has 10 heteroatoms. The molecule has 3 aromatic rings. The first-order valence-corrected chi connectivity index (χ1v) is 8.20. The third-order valence-corrected chi connectivity index (χ3v) is 6.08. The van der Waals surface area contributed by atoms with Gasteiger partial charge in [-0.2, -0.15) is 0 Å². The molecule has 1 N–H and O–H groups in total. The number of aromatic nitrogens is 1. The van der Waals surface area contributed by atoms with Crippen LogP contribution in [-0.2, 0) is 0 Å². The number of aromatic amines is 1. The topological polar surface area (TPSA) is 32.9 Å². The Balaban J connectivity index is 2.77. The number of H-pyrrole nitrogens is 1. The van der Waals surface area contributed by atoms with Crippen molar-refractivity contribution in [1.29, 1.82) is 0 Å². The third kappa shape index (κ3) is 2.03. The summed E-state index contributed by atoms with van der Waals surface area (Å²) in [6, 6.07) is 0. The van der Waals surface area contributed by atoms with E-state index in [1.165, 1.54) is 32.8 Å². The fourth-order valence-corrected chi connectivity index (χ4v) is 3.76. The van der Waals surface area contributed by atoms with Crippen molar-refractivity contribution in [3.63, 3.8) is 0 Å². The van der Waals surface area contributed by atoms with Crippen molar-refractivity contribution in [2.45, 2.75) is 0 Å². The average molecular weight is 290 g/mol. The van der Waals surface area contributed by atoms with Crippen LogP contribution in [0.5, 0.6) is 0 Å². The Hall–Kier alpha value is -1.57. The predicted molar refractivity (Wildman–Crippen MR) is 127 cm³/mol. The number of rotatable bonds is 0. The van der Waals surface area contributed by atoms with E-state index in [1.54, 1.807) is 0 Å². The van der Waals surface area contributed by atoms with Gasteiger partial charge in [-0.1, -0.05) is 32.8 Å². The van der Waals surface area contributed by atoms with Crippen LogP contribution < -0.4 is 49.1 Å². The maximum atomic E-state index is 13.3. The zero-order valence-corrected chi connectivity index (χ0v) is 15.4. The van der Waals surface area contributed by atoms with Crippen LogP contribution in [0.2, 0.25) is 0 Å². The van der Waals surface area contributed by atoms with E-state index in [9.17, 15) is 4.79 Å². The number of benzene rings is 2. The molecule has 0 unspecified atom stereocenters. The molecule has 104 valence electrons. The summed E-state index contributed by atoms with van der Waals surface area (Å²) in [7, 11) is 16.8. The molecule has 0 amide bonds. The number of fused-ring (bicyclic) bond motifs is 2. The minimum Gasteiger partial charge on any atom is -0.355 e. The zero-order chi connectivity index (χ0) is 17.2. The van der Waals surface area contributed by atoms with Crippen LogP contribution in [0.25, 0.3) is 21.8 Å². The van der Waals surface area contributed by atoms with Gasteiger partial charge in [0.05, 0.1) is 0 Å². The summed E-state index contributed by atoms with van der Waals surface area (Å²) in [6.45, 7) is 0. The van der Waals surface area contributed by atoms with E-state index in [0.717, 1.165) is 32.7 Å². The van der Waals surface area contributed by atoms with Crippen LogP contribution in [0.15, 0.2) is 4.79 Å². The lowest BCUT2D eigenvalue weighted by atomic mass is 9.63. The molecule has 23 heavy (non-hydrogen) atoms. The number of hydrogen-bond donors (Lipinski definition) is 1. The Morgan fingerprint density at radius 2 is 0.783 bits per heavy atom. The highest BCUT2D eigenvalue weighted by Crippen LogP contribution is 2.06. The standard InChI is InChI=1S/C13H17B8NO/c14-3-1-11(9(20)7(18)5(3)16)22-12-2(13(1)23)4(15)6(17)8(19)10(12)21/h14-21H2,(H,22,23). The molecule has 0 aliphatic rings. The van der Waals surface area contributed by atoms with E-state index in [1.807, 2.05) is 0 Å². The molecule has 0 atom stereocenters. The molecular formula is C13H17B8NO. The second kappa shape index (κ2) is 5.22. The highest BCUT2D eigenvalue weighted by atomic mass is 16.1. The second-order valence-electron chi connectivity index (χ2n) is 6.95. The van der Waals surface area contributed by atoms with Gasteiger partial charge in [-0.3, -0.25) is 4.79 Å². The molecule has 0 saturated heterocycles. The van der Waals surface area contributed by atoms with Gasteiger partial charge in [0.1, 0.15) is 62.8 Å². The predicted octanol–water partition coefficient (Wildman–Crippen LogP) is -11.3. The Morgan fingerprint density at radius 1 is 0.478 bits per heavy atom. The molecule has 1 aromatic heterocycles. The van der Waals surface area contributed by atoms with E-state index in [2.05, 4.69) is 67.8 Å². The monoisotopic (exact) mass is 291 g/mol. The lowest BCUT2D eigenvalue weighted by molar-refractivity contribution is 1.53. The van der Waals surface area contributed by atoms with Crippen LogP contribution in [-0.4, -0.2) is 67.8 Å². The number of nitrogens with one attached hydrogen (secondary N) is 1. The van der Waals surface area contributed by atoms with Crippen molar-refractivity contribution in [3.8, 4) is 0 Å². The van der Waals surface area contributed by atoms with Gasteiger partial charge in [0.2, 0.25) is 0 Å². The lowest BCUT2D eigenvalue weighted by Gasteiger charge is -2.19. The fraction of sp³-hybridized carbons (Fsp3) is 0. The average Bonchev–Trinajstić information content (AvgIpc) is 2.53. The third-order valence-electron chi connectivity index (χ3n) is 6.08. The van der Waals surface area contributed by atoms with E-state index in [4.69, 9.17) is 0 Å². The quantitative estimate of drug-likeness (QED) is 0.324. The van der Waals surface area contributed by atoms with Crippen LogP contribution in [0.1, 0.15) is 0 Å².